The molecule has 0 radical (unpaired) electrons. The molecular formula is C8H17NO2. The Kier molecular flexibility index (Phi) is 5.84. The number of amides is 1. The summed E-state index contributed by atoms with van der Waals surface area (Å²) in [6.07, 6.45) is 0.633. The van der Waals surface area contributed by atoms with Crippen molar-refractivity contribution in [3.8, 4) is 0 Å². The van der Waals surface area contributed by atoms with Crippen LogP contribution in [-0.4, -0.2) is 26.2 Å². The fourth-order valence-corrected chi connectivity index (χ4v) is 1.02. The highest BCUT2D eigenvalue weighted by Gasteiger charge is 2.20. The van der Waals surface area contributed by atoms with Crippen LogP contribution in [0.5, 0.6) is 0 Å². The van der Waals surface area contributed by atoms with Crippen LogP contribution in [-0.2, 0) is 9.53 Å². The van der Waals surface area contributed by atoms with Crippen LogP contribution in [0.3, 0.4) is 0 Å². The molecule has 1 amide bonds. The van der Waals surface area contributed by atoms with Gasteiger partial charge in [-0.2, -0.15) is 0 Å². The lowest BCUT2D eigenvalue weighted by atomic mass is 10.1. The zero-order chi connectivity index (χ0) is 8.69. The van der Waals surface area contributed by atoms with E-state index in [-0.39, 0.29) is 5.91 Å². The van der Waals surface area contributed by atoms with Crippen LogP contribution in [0.25, 0.3) is 0 Å². The number of methoxy groups -OCH3 is 1. The zero-order valence-electron chi connectivity index (χ0n) is 7.52. The maximum absolute atomic E-state index is 10.6. The third kappa shape index (κ3) is 3.98. The molecule has 0 spiro atoms. The van der Waals surface area contributed by atoms with Crippen molar-refractivity contribution in [3.05, 3.63) is 0 Å². The summed E-state index contributed by atoms with van der Waals surface area (Å²) in [4.78, 5) is 10.6. The fraction of sp³-hybridized carbons (Fsp3) is 0.875. The molecule has 0 aliphatic carbocycles. The van der Waals surface area contributed by atoms with Crippen LogP contribution >= 0.6 is 0 Å². The molecule has 1 unspecified atom stereocenters. The molecule has 0 aromatic carbocycles. The average Bonchev–Trinajstić information content (AvgIpc) is 2.41. The van der Waals surface area contributed by atoms with E-state index in [4.69, 9.17) is 4.74 Å². The van der Waals surface area contributed by atoms with Gasteiger partial charge in [-0.3, -0.25) is 4.79 Å². The second-order valence-corrected chi connectivity index (χ2v) is 2.33. The Morgan fingerprint density at radius 3 is 2.64 bits per heavy atom. The summed E-state index contributed by atoms with van der Waals surface area (Å²) in [6, 6.07) is 0. The summed E-state index contributed by atoms with van der Waals surface area (Å²) >= 11 is 0. The molecule has 3 nitrogen and oxygen atoms in total. The minimum absolute atomic E-state index is 0.150. The summed E-state index contributed by atoms with van der Waals surface area (Å²) in [6.45, 7) is 5.48. The summed E-state index contributed by atoms with van der Waals surface area (Å²) in [7, 11) is 1.66. The van der Waals surface area contributed by atoms with Gasteiger partial charge in [0.25, 0.3) is 0 Å². The van der Waals surface area contributed by atoms with Gasteiger partial charge in [0.2, 0.25) is 5.91 Å². The van der Waals surface area contributed by atoms with Crippen molar-refractivity contribution in [1.29, 1.82) is 0 Å². The Labute approximate surface area is 68.1 Å². The molecule has 3 heteroatoms. The van der Waals surface area contributed by atoms with E-state index >= 15 is 0 Å². The Hall–Kier alpha value is -0.570. The van der Waals surface area contributed by atoms with Crippen molar-refractivity contribution in [3.63, 3.8) is 0 Å². The normalized spacial score (nSPS) is 22.1. The number of hydrogen-bond acceptors (Lipinski definition) is 2. The monoisotopic (exact) mass is 159 g/mol. The lowest BCUT2D eigenvalue weighted by molar-refractivity contribution is -0.119. The van der Waals surface area contributed by atoms with Gasteiger partial charge in [-0.05, 0) is 0 Å². The Morgan fingerprint density at radius 1 is 1.64 bits per heavy atom. The second kappa shape index (κ2) is 6.16. The molecule has 1 heterocycles. The number of hydrogen-bond donors (Lipinski definition) is 1. The zero-order valence-corrected chi connectivity index (χ0v) is 7.52. The lowest BCUT2D eigenvalue weighted by Gasteiger charge is -2.02. The predicted octanol–water partition coefficient (Wildman–Crippen LogP) is 0.795. The van der Waals surface area contributed by atoms with Gasteiger partial charge in [-0.25, -0.2) is 0 Å². The Bertz CT molecular complexity index is 115. The Morgan fingerprint density at radius 2 is 2.27 bits per heavy atom. The maximum atomic E-state index is 10.6. The van der Waals surface area contributed by atoms with Gasteiger partial charge in [-0.15, -0.1) is 0 Å². The van der Waals surface area contributed by atoms with Gasteiger partial charge < -0.3 is 10.1 Å². The van der Waals surface area contributed by atoms with Gasteiger partial charge in [-0.1, -0.05) is 13.8 Å². The van der Waals surface area contributed by atoms with Gasteiger partial charge in [0.15, 0.2) is 0 Å². The predicted molar refractivity (Wildman–Crippen MR) is 44.3 cm³/mol. The molecule has 1 saturated heterocycles. The second-order valence-electron chi connectivity index (χ2n) is 2.33. The van der Waals surface area contributed by atoms with E-state index < -0.39 is 0 Å². The highest BCUT2D eigenvalue weighted by molar-refractivity contribution is 5.78. The quantitative estimate of drug-likeness (QED) is 0.647. The van der Waals surface area contributed by atoms with Gasteiger partial charge in [0.1, 0.15) is 0 Å². The van der Waals surface area contributed by atoms with Crippen LogP contribution in [0.15, 0.2) is 0 Å². The van der Waals surface area contributed by atoms with E-state index in [1.54, 1.807) is 7.11 Å². The molecule has 1 rings (SSSR count). The van der Waals surface area contributed by atoms with Crippen LogP contribution in [0, 0.1) is 5.92 Å². The van der Waals surface area contributed by atoms with E-state index in [1.165, 1.54) is 0 Å². The number of ether oxygens (including phenoxy) is 1. The molecule has 1 aliphatic heterocycles. The molecule has 1 N–H and O–H groups in total. The largest absolute Gasteiger partial charge is 0.384 e. The smallest absolute Gasteiger partial charge is 0.220 e. The van der Waals surface area contributed by atoms with Crippen molar-refractivity contribution >= 4 is 5.91 Å². The number of nitrogens with one attached hydrogen (secondary N) is 1. The average molecular weight is 159 g/mol. The van der Waals surface area contributed by atoms with Crippen LogP contribution < -0.4 is 5.32 Å². The molecule has 0 aromatic heterocycles. The van der Waals surface area contributed by atoms with Gasteiger partial charge in [0.05, 0.1) is 6.61 Å². The van der Waals surface area contributed by atoms with Crippen molar-refractivity contribution in [2.75, 3.05) is 20.3 Å². The van der Waals surface area contributed by atoms with E-state index in [0.29, 0.717) is 18.9 Å². The third-order valence-corrected chi connectivity index (χ3v) is 1.46. The van der Waals surface area contributed by atoms with Crippen molar-refractivity contribution in [2.24, 2.45) is 5.92 Å². The minimum atomic E-state index is 0.150. The van der Waals surface area contributed by atoms with E-state index in [0.717, 1.165) is 6.54 Å². The minimum Gasteiger partial charge on any atom is -0.384 e. The van der Waals surface area contributed by atoms with E-state index in [9.17, 15) is 4.79 Å². The number of carbonyl (C=O) groups is 1. The standard InChI is InChI=1S/C6H11NO2.C2H6/c1-9-4-5-2-6(8)7-3-5;1-2/h5H,2-4H2,1H3,(H,7,8);1-2H3. The maximum Gasteiger partial charge on any atom is 0.220 e. The number of rotatable bonds is 2. The molecule has 1 atom stereocenters. The fourth-order valence-electron chi connectivity index (χ4n) is 1.02. The summed E-state index contributed by atoms with van der Waals surface area (Å²) in [5.41, 5.74) is 0. The molecule has 0 saturated carbocycles. The van der Waals surface area contributed by atoms with E-state index in [2.05, 4.69) is 5.32 Å². The molecule has 66 valence electrons. The first-order valence-corrected chi connectivity index (χ1v) is 4.08. The third-order valence-electron chi connectivity index (χ3n) is 1.46. The van der Waals surface area contributed by atoms with Gasteiger partial charge in [0, 0.05) is 26.0 Å². The molecule has 1 fully saturated rings. The van der Waals surface area contributed by atoms with Crippen molar-refractivity contribution in [2.45, 2.75) is 20.3 Å². The Balaban J connectivity index is 0.000000461. The first-order chi connectivity index (χ1) is 5.33. The highest BCUT2D eigenvalue weighted by Crippen LogP contribution is 2.07. The summed E-state index contributed by atoms with van der Waals surface area (Å²) in [5.74, 6) is 0.555. The van der Waals surface area contributed by atoms with Crippen LogP contribution in [0.4, 0.5) is 0 Å². The summed E-state index contributed by atoms with van der Waals surface area (Å²) in [5, 5.41) is 2.74. The molecule has 1 aliphatic rings. The van der Waals surface area contributed by atoms with Crippen molar-refractivity contribution < 1.29 is 9.53 Å². The lowest BCUT2D eigenvalue weighted by Crippen LogP contribution is -2.15. The molecule has 11 heavy (non-hydrogen) atoms. The van der Waals surface area contributed by atoms with E-state index in [1.807, 2.05) is 13.8 Å². The topological polar surface area (TPSA) is 38.3 Å². The molecule has 0 bridgehead atoms. The molecule has 0 aromatic rings. The molecular weight excluding hydrogens is 142 g/mol. The van der Waals surface area contributed by atoms with Crippen molar-refractivity contribution in [1.82, 2.24) is 5.32 Å². The first-order valence-electron chi connectivity index (χ1n) is 4.08. The highest BCUT2D eigenvalue weighted by atomic mass is 16.5. The first kappa shape index (κ1) is 10.4. The van der Waals surface area contributed by atoms with Gasteiger partial charge >= 0.3 is 0 Å². The van der Waals surface area contributed by atoms with Crippen LogP contribution in [0.1, 0.15) is 20.3 Å². The number of carbonyl (C=O) groups excluding carboxylic acids is 1. The SMILES string of the molecule is CC.COCC1CNC(=O)C1. The van der Waals surface area contributed by atoms with Crippen LogP contribution in [0.2, 0.25) is 0 Å². The summed E-state index contributed by atoms with van der Waals surface area (Å²) < 4.78 is 4.88.